The van der Waals surface area contributed by atoms with Crippen LogP contribution in [0.3, 0.4) is 0 Å². The van der Waals surface area contributed by atoms with Crippen molar-refractivity contribution in [3.05, 3.63) is 351 Å². The van der Waals surface area contributed by atoms with E-state index in [1.807, 2.05) is 192 Å². The molecule has 0 saturated heterocycles. The predicted molar refractivity (Wildman–Crippen MR) is 544 cm³/mol. The lowest BCUT2D eigenvalue weighted by atomic mass is 9.95. The molecule has 0 unspecified atom stereocenters. The molecule has 0 saturated carbocycles. The monoisotopic (exact) mass is 1830 g/mol. The maximum absolute atomic E-state index is 13.5. The SMILES string of the molecule is CC(C)(C)C(=O)Nc1cncc(-c2ccc3[nH]nc(-c4nc5c(-c6ccc(F)cc6)cccc5[nH]4)c3c2)c1.CCNCc1cncc(-c2ccc3[nH]nc(-c4nc5c(-c6ccc(F)cc6)cccc5[nH]4)c3c2)c1.CN(C)c1cncc(-c2ccc3[nH]nc(-c4nc5c(-c6ccc(F)cc6)cccc5[nH]4)c3c2)c1.Cc1ccncc1-c1ccc2[nH]nc(-c3nc4c(-c5ccc(F)cc5)cccc4[nH]3)c2c1. The average Bonchev–Trinajstić information content (AvgIpc) is 1.63. The number of imidazole rings is 4. The molecule has 0 fully saturated rings. The van der Waals surface area contributed by atoms with E-state index in [0.717, 1.165) is 224 Å². The first-order chi connectivity index (χ1) is 67.7. The normalized spacial score (nSPS) is 11.5. The second kappa shape index (κ2) is 37.1. The molecule has 12 aromatic heterocycles. The number of benzene rings is 12. The van der Waals surface area contributed by atoms with Crippen LogP contribution in [0.5, 0.6) is 0 Å². The van der Waals surface area contributed by atoms with Gasteiger partial charge in [0.25, 0.3) is 0 Å². The number of fused-ring (bicyclic) bond motifs is 8. The first-order valence-corrected chi connectivity index (χ1v) is 45.1. The third-order valence-electron chi connectivity index (χ3n) is 24.5. The number of nitrogens with one attached hydrogen (secondary N) is 10. The molecular formula is C111H87F4N23O. The van der Waals surface area contributed by atoms with Crippen LogP contribution in [0.4, 0.5) is 28.9 Å². The zero-order valence-electron chi connectivity index (χ0n) is 76.2. The second-order valence-corrected chi connectivity index (χ2v) is 35.1. The molecule has 12 aromatic carbocycles. The van der Waals surface area contributed by atoms with Crippen molar-refractivity contribution >= 4 is 105 Å². The lowest BCUT2D eigenvalue weighted by Crippen LogP contribution is -2.27. The van der Waals surface area contributed by atoms with E-state index in [2.05, 4.69) is 154 Å². The molecule has 0 atom stereocenters. The quantitative estimate of drug-likeness (QED) is 0.0379. The summed E-state index contributed by atoms with van der Waals surface area (Å²) in [7, 11) is 4.00. The summed E-state index contributed by atoms with van der Waals surface area (Å²) in [5.41, 5.74) is 32.4. The fourth-order valence-corrected chi connectivity index (χ4v) is 17.1. The first kappa shape index (κ1) is 87.6. The van der Waals surface area contributed by atoms with Gasteiger partial charge in [0, 0.05) is 129 Å². The highest BCUT2D eigenvalue weighted by molar-refractivity contribution is 6.04. The molecule has 28 heteroatoms. The van der Waals surface area contributed by atoms with Crippen molar-refractivity contribution in [1.82, 2.24) is 106 Å². The fraction of sp³-hybridized carbons (Fsp3) is 0.0901. The number of carbonyl (C=O) groups is 1. The average molecular weight is 1840 g/mol. The topological polar surface area (TPSA) is 325 Å². The molecule has 0 radical (unpaired) electrons. The van der Waals surface area contributed by atoms with E-state index in [4.69, 9.17) is 19.9 Å². The lowest BCUT2D eigenvalue weighted by Gasteiger charge is -2.17. The number of halogens is 4. The van der Waals surface area contributed by atoms with Crippen LogP contribution in [0, 0.1) is 35.6 Å². The van der Waals surface area contributed by atoms with Gasteiger partial charge in [-0.15, -0.1) is 0 Å². The Hall–Kier alpha value is -18.1. The number of aryl methyl sites for hydroxylation is 1. The number of aromatic amines is 8. The summed E-state index contributed by atoms with van der Waals surface area (Å²) in [5, 5.41) is 40.8. The number of hydrogen-bond donors (Lipinski definition) is 10. The lowest BCUT2D eigenvalue weighted by molar-refractivity contribution is -0.123. The van der Waals surface area contributed by atoms with E-state index < -0.39 is 5.41 Å². The van der Waals surface area contributed by atoms with Gasteiger partial charge in [-0.3, -0.25) is 45.1 Å². The summed E-state index contributed by atoms with van der Waals surface area (Å²) in [6, 6.07) is 82.3. The van der Waals surface area contributed by atoms with Crippen molar-refractivity contribution in [2.45, 2.75) is 41.2 Å². The van der Waals surface area contributed by atoms with Crippen LogP contribution in [0.25, 0.3) is 223 Å². The van der Waals surface area contributed by atoms with E-state index in [0.29, 0.717) is 34.7 Å². The number of hydrogen-bond acceptors (Lipinski definition) is 15. The van der Waals surface area contributed by atoms with Crippen molar-refractivity contribution in [2.75, 3.05) is 30.9 Å². The van der Waals surface area contributed by atoms with Crippen LogP contribution in [0.1, 0.15) is 38.8 Å². The van der Waals surface area contributed by atoms with Gasteiger partial charge in [0.1, 0.15) is 46.0 Å². The van der Waals surface area contributed by atoms with Crippen molar-refractivity contribution in [3.63, 3.8) is 0 Å². The van der Waals surface area contributed by atoms with Crippen LogP contribution < -0.4 is 15.5 Å². The molecule has 24 rings (SSSR count). The summed E-state index contributed by atoms with van der Waals surface area (Å²) >= 11 is 0. The number of amides is 1. The molecule has 139 heavy (non-hydrogen) atoms. The standard InChI is InChI=1S/C30H25FN6O.C28H23FN6.C27H21FN6.C26H18FN5/c1-30(2,3)29(38)33-21-13-19(15-32-16-21)18-9-12-24-23(14-18)27(37-36-24)28-34-25-6-4-5-22(26(25)35-28)17-7-10-20(31)11-8-17;1-2-30-14-17-12-20(16-31-15-17)19-8-11-24-23(13-19)27(35-34-24)28-32-25-5-3-4-22(26(25)33-28)18-6-9-21(29)10-7-18;1-34(2)20-12-18(14-29-15-20)17-8-11-23-22(13-17)26(33-32-23)27-30-24-5-3-4-21(25(24)31-27)16-6-9-19(28)10-7-16;1-15-11-12-28-14-21(15)17-7-10-22-20(13-17)25(32-31-22)26-29-23-4-2-3-19(24(23)30-26)16-5-8-18(27)9-6-16/h4-16H,1-3H3,(H,33,38)(H,34,35)(H,36,37);3-13,15-16,30H,2,14H2,1H3,(H,32,33)(H,34,35);3-15H,1-2H3,(H,30,31)(H,32,33);2-14H,1H3,(H,29,30)(H,31,32). The van der Waals surface area contributed by atoms with E-state index in [1.165, 1.54) is 48.5 Å². The molecular weight excluding hydrogens is 1750 g/mol. The largest absolute Gasteiger partial charge is 0.376 e. The van der Waals surface area contributed by atoms with Crippen molar-refractivity contribution < 1.29 is 22.4 Å². The number of rotatable bonds is 17. The Morgan fingerprint density at radius 3 is 1.04 bits per heavy atom. The number of anilines is 2. The number of nitrogens with zero attached hydrogens (tertiary/aromatic N) is 13. The molecule has 0 aliphatic heterocycles. The van der Waals surface area contributed by atoms with Crippen LogP contribution in [-0.4, -0.2) is 127 Å². The Kier molecular flexibility index (Phi) is 23.4. The van der Waals surface area contributed by atoms with Gasteiger partial charge in [0.2, 0.25) is 5.91 Å². The van der Waals surface area contributed by atoms with Crippen LogP contribution in [-0.2, 0) is 11.3 Å². The number of carbonyl (C=O) groups excluding carboxylic acids is 1. The van der Waals surface area contributed by atoms with Gasteiger partial charge in [-0.25, -0.2) is 37.5 Å². The molecule has 10 N–H and O–H groups in total. The Balaban J connectivity index is 0.000000110. The van der Waals surface area contributed by atoms with Gasteiger partial charge in [-0.2, -0.15) is 20.4 Å². The van der Waals surface area contributed by atoms with E-state index in [-0.39, 0.29) is 29.2 Å². The fourth-order valence-electron chi connectivity index (χ4n) is 17.1. The van der Waals surface area contributed by atoms with Gasteiger partial charge < -0.3 is 35.5 Å². The Morgan fingerprint density at radius 2 is 0.676 bits per heavy atom. The summed E-state index contributed by atoms with van der Waals surface area (Å²) in [6.45, 7) is 11.5. The molecule has 0 spiro atoms. The predicted octanol–water partition coefficient (Wildman–Crippen LogP) is 25.4. The molecule has 0 aliphatic carbocycles. The van der Waals surface area contributed by atoms with Crippen molar-refractivity contribution in [2.24, 2.45) is 5.41 Å². The molecule has 24 aromatic rings. The third-order valence-corrected chi connectivity index (χ3v) is 24.5. The summed E-state index contributed by atoms with van der Waals surface area (Å²) in [5.74, 6) is 1.53. The van der Waals surface area contributed by atoms with E-state index >= 15 is 0 Å². The highest BCUT2D eigenvalue weighted by Gasteiger charge is 2.25. The molecule has 0 bridgehead atoms. The van der Waals surface area contributed by atoms with Crippen LogP contribution >= 0.6 is 0 Å². The van der Waals surface area contributed by atoms with Crippen LogP contribution in [0.15, 0.2) is 316 Å². The molecule has 0 aliphatic rings. The highest BCUT2D eigenvalue weighted by Crippen LogP contribution is 2.41. The third kappa shape index (κ3) is 17.9. The zero-order chi connectivity index (χ0) is 95.1. The minimum Gasteiger partial charge on any atom is -0.376 e. The molecule has 12 heterocycles. The molecule has 680 valence electrons. The maximum atomic E-state index is 13.5. The number of aromatic nitrogens is 20. The zero-order valence-corrected chi connectivity index (χ0v) is 76.2. The minimum atomic E-state index is -0.510. The number of H-pyrrole nitrogens is 8. The second-order valence-electron chi connectivity index (χ2n) is 35.1. The van der Waals surface area contributed by atoms with Gasteiger partial charge >= 0.3 is 0 Å². The van der Waals surface area contributed by atoms with Crippen LogP contribution in [0.2, 0.25) is 0 Å². The van der Waals surface area contributed by atoms with Crippen molar-refractivity contribution in [3.8, 4) is 135 Å². The summed E-state index contributed by atoms with van der Waals surface area (Å²) < 4.78 is 53.8. The van der Waals surface area contributed by atoms with E-state index in [1.54, 1.807) is 67.1 Å². The minimum absolute atomic E-state index is 0.0751. The van der Waals surface area contributed by atoms with E-state index in [9.17, 15) is 22.4 Å². The number of pyridine rings is 4. The summed E-state index contributed by atoms with van der Waals surface area (Å²) in [4.78, 5) is 65.1. The van der Waals surface area contributed by atoms with Gasteiger partial charge in [-0.1, -0.05) is 149 Å². The molecule has 1 amide bonds. The van der Waals surface area contributed by atoms with Crippen molar-refractivity contribution in [1.29, 1.82) is 0 Å². The molecule has 24 nitrogen and oxygen atoms in total. The Morgan fingerprint density at radius 1 is 0.338 bits per heavy atom. The number of para-hydroxylation sites is 4. The Bertz CT molecular complexity index is 8720. The van der Waals surface area contributed by atoms with Gasteiger partial charge in [0.05, 0.1) is 90.0 Å². The maximum Gasteiger partial charge on any atom is 0.229 e. The smallest absolute Gasteiger partial charge is 0.229 e. The first-order valence-electron chi connectivity index (χ1n) is 45.1. The van der Waals surface area contributed by atoms with Gasteiger partial charge in [0.15, 0.2) is 23.3 Å². The highest BCUT2D eigenvalue weighted by atomic mass is 19.1. The van der Waals surface area contributed by atoms with Gasteiger partial charge in [-0.05, 0) is 215 Å². The Labute approximate surface area is 792 Å². The summed E-state index contributed by atoms with van der Waals surface area (Å²) in [6.07, 6.45) is 14.6.